The first kappa shape index (κ1) is 16.4. The minimum absolute atomic E-state index is 0.779. The van der Waals surface area contributed by atoms with Crippen molar-refractivity contribution in [1.82, 2.24) is 9.97 Å². The van der Waals surface area contributed by atoms with Crippen LogP contribution in [0.3, 0.4) is 0 Å². The number of aryl methyl sites for hydroxylation is 1. The Morgan fingerprint density at radius 1 is 0.667 bits per heavy atom. The highest BCUT2D eigenvalue weighted by molar-refractivity contribution is 9.10. The van der Waals surface area contributed by atoms with Crippen LogP contribution in [-0.4, -0.2) is 9.97 Å². The second-order valence-corrected chi connectivity index (χ2v) is 7.67. The number of halogens is 1. The van der Waals surface area contributed by atoms with Crippen molar-refractivity contribution in [3.8, 4) is 33.9 Å². The van der Waals surface area contributed by atoms with Crippen molar-refractivity contribution >= 4 is 15.9 Å². The van der Waals surface area contributed by atoms with Gasteiger partial charge in [0.2, 0.25) is 0 Å². The third-order valence-corrected chi connectivity index (χ3v) is 5.55. The zero-order valence-corrected chi connectivity index (χ0v) is 16.3. The average molecular weight is 413 g/mol. The molecule has 0 radical (unpaired) electrons. The molecule has 0 N–H and O–H groups in total. The van der Waals surface area contributed by atoms with E-state index in [1.807, 2.05) is 24.3 Å². The molecule has 1 aromatic heterocycles. The maximum Gasteiger partial charge on any atom is 0.160 e. The molecule has 3 heteroatoms. The SMILES string of the molecule is Brc1cccc(-c2nc(-c3ccccc3)nc3c2CCc2ccccc2-3)c1. The summed E-state index contributed by atoms with van der Waals surface area (Å²) in [6.07, 6.45) is 1.99. The summed E-state index contributed by atoms with van der Waals surface area (Å²) in [7, 11) is 0. The zero-order chi connectivity index (χ0) is 18.2. The number of aromatic nitrogens is 2. The van der Waals surface area contributed by atoms with Gasteiger partial charge in [0, 0.05) is 26.7 Å². The standard InChI is InChI=1S/C24H17BrN2/c25-19-11-6-10-18(15-19)22-21-14-13-16-7-4-5-12-20(16)23(21)27-24(26-22)17-8-2-1-3-9-17/h1-12,15H,13-14H2. The van der Waals surface area contributed by atoms with Crippen molar-refractivity contribution in [3.63, 3.8) is 0 Å². The molecule has 1 heterocycles. The van der Waals surface area contributed by atoms with Crippen molar-refractivity contribution < 1.29 is 0 Å². The van der Waals surface area contributed by atoms with Crippen molar-refractivity contribution in [1.29, 1.82) is 0 Å². The third-order valence-electron chi connectivity index (χ3n) is 5.05. The normalized spacial score (nSPS) is 12.3. The van der Waals surface area contributed by atoms with Gasteiger partial charge < -0.3 is 0 Å². The van der Waals surface area contributed by atoms with Crippen molar-refractivity contribution in [2.45, 2.75) is 12.8 Å². The number of hydrogen-bond acceptors (Lipinski definition) is 2. The van der Waals surface area contributed by atoms with Crippen molar-refractivity contribution in [2.75, 3.05) is 0 Å². The Bertz CT molecular complexity index is 1140. The van der Waals surface area contributed by atoms with Crippen molar-refractivity contribution in [2.24, 2.45) is 0 Å². The van der Waals surface area contributed by atoms with Crippen LogP contribution in [0.1, 0.15) is 11.1 Å². The summed E-state index contributed by atoms with van der Waals surface area (Å²) < 4.78 is 1.06. The minimum atomic E-state index is 0.779. The Balaban J connectivity index is 1.81. The number of rotatable bonds is 2. The predicted octanol–water partition coefficient (Wildman–Crippen LogP) is 6.34. The third kappa shape index (κ3) is 2.98. The zero-order valence-electron chi connectivity index (χ0n) is 14.7. The Morgan fingerprint density at radius 2 is 1.41 bits per heavy atom. The van der Waals surface area contributed by atoms with Gasteiger partial charge in [-0.2, -0.15) is 0 Å². The molecule has 4 aromatic rings. The number of benzene rings is 3. The van der Waals surface area contributed by atoms with E-state index in [4.69, 9.17) is 9.97 Å². The van der Waals surface area contributed by atoms with Gasteiger partial charge in [0.05, 0.1) is 11.4 Å². The molecule has 130 valence electrons. The van der Waals surface area contributed by atoms with Crippen molar-refractivity contribution in [3.05, 3.63) is 94.5 Å². The maximum atomic E-state index is 5.01. The summed E-state index contributed by atoms with van der Waals surface area (Å²) in [5.74, 6) is 0.779. The molecule has 0 spiro atoms. The highest BCUT2D eigenvalue weighted by atomic mass is 79.9. The van der Waals surface area contributed by atoms with E-state index in [9.17, 15) is 0 Å². The Hall–Kier alpha value is -2.78. The monoisotopic (exact) mass is 412 g/mol. The quantitative estimate of drug-likeness (QED) is 0.383. The molecule has 1 aliphatic carbocycles. The van der Waals surface area contributed by atoms with Gasteiger partial charge in [-0.3, -0.25) is 0 Å². The van der Waals surface area contributed by atoms with Gasteiger partial charge >= 0.3 is 0 Å². The molecule has 0 saturated heterocycles. The van der Waals surface area contributed by atoms with Crippen LogP contribution in [0.4, 0.5) is 0 Å². The summed E-state index contributed by atoms with van der Waals surface area (Å²) in [5, 5.41) is 0. The van der Waals surface area contributed by atoms with Crippen LogP contribution in [0, 0.1) is 0 Å². The Kier molecular flexibility index (Phi) is 4.10. The average Bonchev–Trinajstić information content (AvgIpc) is 2.73. The highest BCUT2D eigenvalue weighted by Gasteiger charge is 2.23. The fraction of sp³-hybridized carbons (Fsp3) is 0.0833. The molecule has 1 aliphatic rings. The number of fused-ring (bicyclic) bond motifs is 3. The molecule has 3 aromatic carbocycles. The fourth-order valence-corrected chi connectivity index (χ4v) is 4.16. The first-order chi connectivity index (χ1) is 13.3. The lowest BCUT2D eigenvalue weighted by Crippen LogP contribution is -2.10. The Morgan fingerprint density at radius 3 is 2.26 bits per heavy atom. The van der Waals surface area contributed by atoms with E-state index in [2.05, 4.69) is 70.5 Å². The summed E-state index contributed by atoms with van der Waals surface area (Å²) in [6, 6.07) is 27.2. The van der Waals surface area contributed by atoms with Gasteiger partial charge in [0.1, 0.15) is 0 Å². The van der Waals surface area contributed by atoms with E-state index in [0.717, 1.165) is 45.7 Å². The molecule has 0 aliphatic heterocycles. The molecule has 0 saturated carbocycles. The minimum Gasteiger partial charge on any atom is -0.228 e. The molecule has 0 fully saturated rings. The molecule has 2 nitrogen and oxygen atoms in total. The van der Waals surface area contributed by atoms with Gasteiger partial charge in [-0.25, -0.2) is 9.97 Å². The van der Waals surface area contributed by atoms with E-state index in [0.29, 0.717) is 0 Å². The summed E-state index contributed by atoms with van der Waals surface area (Å²) in [6.45, 7) is 0. The number of hydrogen-bond donors (Lipinski definition) is 0. The molecular weight excluding hydrogens is 396 g/mol. The highest BCUT2D eigenvalue weighted by Crippen LogP contribution is 2.38. The lowest BCUT2D eigenvalue weighted by atomic mass is 9.87. The second-order valence-electron chi connectivity index (χ2n) is 6.76. The molecule has 5 rings (SSSR count). The molecule has 0 unspecified atom stereocenters. The van der Waals surface area contributed by atoms with Crippen LogP contribution < -0.4 is 0 Å². The Labute approximate surface area is 167 Å². The van der Waals surface area contributed by atoms with Gasteiger partial charge in [-0.05, 0) is 30.5 Å². The van der Waals surface area contributed by atoms with Gasteiger partial charge in [0.25, 0.3) is 0 Å². The van der Waals surface area contributed by atoms with E-state index in [1.165, 1.54) is 16.7 Å². The van der Waals surface area contributed by atoms with E-state index in [1.54, 1.807) is 0 Å². The van der Waals surface area contributed by atoms with Crippen LogP contribution in [0.5, 0.6) is 0 Å². The molecular formula is C24H17BrN2. The summed E-state index contributed by atoms with van der Waals surface area (Å²) in [5.41, 5.74) is 8.11. The smallest absolute Gasteiger partial charge is 0.160 e. The van der Waals surface area contributed by atoms with Gasteiger partial charge in [0.15, 0.2) is 5.82 Å². The molecule has 0 bridgehead atoms. The lowest BCUT2D eigenvalue weighted by molar-refractivity contribution is 0.916. The van der Waals surface area contributed by atoms with E-state index < -0.39 is 0 Å². The van der Waals surface area contributed by atoms with Crippen LogP contribution in [-0.2, 0) is 12.8 Å². The lowest BCUT2D eigenvalue weighted by Gasteiger charge is -2.22. The topological polar surface area (TPSA) is 25.8 Å². The van der Waals surface area contributed by atoms with E-state index in [-0.39, 0.29) is 0 Å². The predicted molar refractivity (Wildman–Crippen MR) is 113 cm³/mol. The molecule has 0 atom stereocenters. The second kappa shape index (κ2) is 6.75. The van der Waals surface area contributed by atoms with Gasteiger partial charge in [-0.15, -0.1) is 0 Å². The van der Waals surface area contributed by atoms with Crippen LogP contribution in [0.15, 0.2) is 83.3 Å². The maximum absolute atomic E-state index is 5.01. The first-order valence-electron chi connectivity index (χ1n) is 9.10. The summed E-state index contributed by atoms with van der Waals surface area (Å²) >= 11 is 3.60. The van der Waals surface area contributed by atoms with Crippen LogP contribution in [0.25, 0.3) is 33.9 Å². The van der Waals surface area contributed by atoms with Crippen LogP contribution >= 0.6 is 15.9 Å². The molecule has 27 heavy (non-hydrogen) atoms. The molecule has 0 amide bonds. The largest absolute Gasteiger partial charge is 0.228 e. The summed E-state index contributed by atoms with van der Waals surface area (Å²) in [4.78, 5) is 10.0. The van der Waals surface area contributed by atoms with Gasteiger partial charge in [-0.1, -0.05) is 82.7 Å². The fourth-order valence-electron chi connectivity index (χ4n) is 3.76. The number of nitrogens with zero attached hydrogens (tertiary/aromatic N) is 2. The van der Waals surface area contributed by atoms with Crippen LogP contribution in [0.2, 0.25) is 0 Å². The first-order valence-corrected chi connectivity index (χ1v) is 9.89. The van der Waals surface area contributed by atoms with E-state index >= 15 is 0 Å².